The second-order valence-corrected chi connectivity index (χ2v) is 17.9. The van der Waals surface area contributed by atoms with Gasteiger partial charge >= 0.3 is 7.82 Å². The van der Waals surface area contributed by atoms with E-state index in [-0.39, 0.29) is 13.2 Å². The monoisotopic (exact) mass is 654 g/mol. The fourth-order valence-corrected chi connectivity index (χ4v) is 9.09. The van der Waals surface area contributed by atoms with Crippen molar-refractivity contribution in [3.8, 4) is 0 Å². The average Bonchev–Trinajstić information content (AvgIpc) is 3.01. The number of unbranched alkanes of at least 4 members (excludes halogenated alkanes) is 5. The van der Waals surface area contributed by atoms with Crippen molar-refractivity contribution >= 4 is 16.1 Å². The minimum absolute atomic E-state index is 0.276. The highest BCUT2D eigenvalue weighted by Crippen LogP contribution is 2.53. The lowest BCUT2D eigenvalue weighted by molar-refractivity contribution is -0.295. The SMILES string of the molecule is CCCCOCC1O[C@@H](OP(=O)(OCCCC)OCCCC)C(O[Si](CC)(CC)CC)[C@@H](OCCCC)[C@@H]1OCCCC. The molecule has 1 heterocycles. The van der Waals surface area contributed by atoms with Gasteiger partial charge in [0, 0.05) is 19.8 Å². The fraction of sp³-hybridized carbons (Fsp3) is 1.00. The molecule has 43 heavy (non-hydrogen) atoms. The van der Waals surface area contributed by atoms with Crippen LogP contribution in [-0.4, -0.2) is 78.7 Å². The van der Waals surface area contributed by atoms with Crippen molar-refractivity contribution in [2.75, 3.05) is 39.6 Å². The van der Waals surface area contributed by atoms with Crippen LogP contribution in [0, 0.1) is 0 Å². The van der Waals surface area contributed by atoms with Gasteiger partial charge < -0.3 is 23.4 Å². The smallest absolute Gasteiger partial charge is 0.406 e. The molecule has 5 atom stereocenters. The van der Waals surface area contributed by atoms with E-state index in [0.717, 1.165) is 82.3 Å². The molecular weight excluding hydrogens is 587 g/mol. The van der Waals surface area contributed by atoms with Crippen molar-refractivity contribution in [3.05, 3.63) is 0 Å². The highest BCUT2D eigenvalue weighted by molar-refractivity contribution is 7.48. The van der Waals surface area contributed by atoms with E-state index in [1.54, 1.807) is 0 Å². The summed E-state index contributed by atoms with van der Waals surface area (Å²) < 4.78 is 65.2. The lowest BCUT2D eigenvalue weighted by Gasteiger charge is -2.48. The summed E-state index contributed by atoms with van der Waals surface area (Å²) in [6.07, 6.45) is 6.07. The van der Waals surface area contributed by atoms with Gasteiger partial charge in [-0.3, -0.25) is 13.6 Å². The van der Waals surface area contributed by atoms with Crippen molar-refractivity contribution in [3.63, 3.8) is 0 Å². The first-order valence-electron chi connectivity index (χ1n) is 17.5. The Labute approximate surface area is 265 Å². The van der Waals surface area contributed by atoms with E-state index in [4.69, 9.17) is 36.9 Å². The van der Waals surface area contributed by atoms with Crippen molar-refractivity contribution in [1.29, 1.82) is 0 Å². The van der Waals surface area contributed by atoms with Crippen molar-refractivity contribution in [1.82, 2.24) is 0 Å². The molecule has 1 aliphatic heterocycles. The number of hydrogen-bond donors (Lipinski definition) is 0. The molecule has 1 aliphatic rings. The molecule has 0 saturated carbocycles. The molecule has 0 aromatic carbocycles. The van der Waals surface area contributed by atoms with Gasteiger partial charge in [-0.25, -0.2) is 4.57 Å². The van der Waals surface area contributed by atoms with E-state index in [0.29, 0.717) is 26.4 Å². The summed E-state index contributed by atoms with van der Waals surface area (Å²) in [6, 6.07) is 2.81. The Balaban J connectivity index is 3.57. The van der Waals surface area contributed by atoms with Crippen LogP contribution in [0.3, 0.4) is 0 Å². The predicted octanol–water partition coefficient (Wildman–Crippen LogP) is 9.05. The quantitative estimate of drug-likeness (QED) is 0.0465. The molecule has 0 aliphatic carbocycles. The molecule has 0 bridgehead atoms. The third kappa shape index (κ3) is 15.1. The number of phosphoric ester groups is 1. The van der Waals surface area contributed by atoms with Crippen molar-refractivity contribution < 1.29 is 41.5 Å². The first-order valence-corrected chi connectivity index (χ1v) is 21.5. The van der Waals surface area contributed by atoms with Crippen LogP contribution in [0.4, 0.5) is 0 Å². The molecule has 1 rings (SSSR count). The van der Waals surface area contributed by atoms with Gasteiger partial charge in [0.2, 0.25) is 0 Å². The molecule has 1 fully saturated rings. The Morgan fingerprint density at radius 3 is 1.56 bits per heavy atom. The van der Waals surface area contributed by atoms with Crippen molar-refractivity contribution in [2.45, 2.75) is 168 Å². The summed E-state index contributed by atoms with van der Waals surface area (Å²) in [5.41, 5.74) is 0. The summed E-state index contributed by atoms with van der Waals surface area (Å²) in [7, 11) is -6.17. The van der Waals surface area contributed by atoms with E-state index in [1.807, 2.05) is 0 Å². The average molecular weight is 655 g/mol. The molecule has 0 N–H and O–H groups in total. The molecule has 11 heteroatoms. The predicted molar refractivity (Wildman–Crippen MR) is 176 cm³/mol. The third-order valence-electron chi connectivity index (χ3n) is 8.18. The molecule has 0 aromatic heterocycles. The van der Waals surface area contributed by atoms with E-state index < -0.39 is 46.8 Å². The maximum absolute atomic E-state index is 14.1. The molecule has 0 radical (unpaired) electrons. The van der Waals surface area contributed by atoms with Gasteiger partial charge in [0.05, 0.1) is 19.8 Å². The van der Waals surface area contributed by atoms with Crippen LogP contribution in [-0.2, 0) is 41.5 Å². The second kappa shape index (κ2) is 24.3. The number of hydrogen-bond acceptors (Lipinski definition) is 9. The number of rotatable bonds is 28. The zero-order valence-electron chi connectivity index (χ0n) is 28.9. The Hall–Kier alpha value is 0.127. The fourth-order valence-electron chi connectivity index (χ4n) is 4.94. The highest BCUT2D eigenvalue weighted by atomic mass is 31.2. The Bertz CT molecular complexity index is 690. The minimum Gasteiger partial charge on any atom is -0.406 e. The molecule has 9 nitrogen and oxygen atoms in total. The summed E-state index contributed by atoms with van der Waals surface area (Å²) in [5, 5.41) is 0. The van der Waals surface area contributed by atoms with Crippen LogP contribution in [0.2, 0.25) is 18.1 Å². The molecular formula is C32H67O9PSi. The van der Waals surface area contributed by atoms with Gasteiger partial charge in [-0.05, 0) is 50.2 Å². The largest absolute Gasteiger partial charge is 0.477 e. The topological polar surface area (TPSA) is 90.9 Å². The molecule has 0 amide bonds. The minimum atomic E-state index is -3.97. The van der Waals surface area contributed by atoms with E-state index in [9.17, 15) is 4.57 Å². The van der Waals surface area contributed by atoms with Gasteiger partial charge in [-0.1, -0.05) is 87.5 Å². The summed E-state index contributed by atoms with van der Waals surface area (Å²) in [5.74, 6) is 0. The highest BCUT2D eigenvalue weighted by Gasteiger charge is 2.53. The Kier molecular flexibility index (Phi) is 23.3. The number of ether oxygens (including phenoxy) is 4. The lowest BCUT2D eigenvalue weighted by Crippen LogP contribution is -2.64. The molecule has 0 aromatic rings. The molecule has 0 spiro atoms. The Morgan fingerprint density at radius 1 is 0.605 bits per heavy atom. The lowest BCUT2D eigenvalue weighted by atomic mass is 9.98. The maximum atomic E-state index is 14.1. The second-order valence-electron chi connectivity index (χ2n) is 11.6. The van der Waals surface area contributed by atoms with Crippen LogP contribution in [0.25, 0.3) is 0 Å². The van der Waals surface area contributed by atoms with E-state index in [1.165, 1.54) is 0 Å². The van der Waals surface area contributed by atoms with Gasteiger partial charge in [0.25, 0.3) is 0 Å². The molecule has 2 unspecified atom stereocenters. The molecule has 258 valence electrons. The van der Waals surface area contributed by atoms with Gasteiger partial charge in [-0.2, -0.15) is 0 Å². The van der Waals surface area contributed by atoms with Crippen LogP contribution in [0.15, 0.2) is 0 Å². The zero-order valence-corrected chi connectivity index (χ0v) is 30.8. The standard InChI is InChI=1S/C32H67O9PSi/c1-9-17-22-34-27-28-29(35-23-18-10-2)30(36-24-19-11-3)31(41-43(14-6,15-7)16-8)32(39-28)40-42(33,37-25-20-12-4)38-26-21-13-5/h28-32H,9-27H2,1-8H3/t28?,29-,30+,31?,32+/m1/s1. The third-order valence-corrected chi connectivity index (χ3v) is 14.3. The molecule has 1 saturated heterocycles. The van der Waals surface area contributed by atoms with E-state index in [2.05, 4.69) is 55.4 Å². The van der Waals surface area contributed by atoms with Crippen LogP contribution in [0.1, 0.15) is 120 Å². The van der Waals surface area contributed by atoms with Crippen LogP contribution < -0.4 is 0 Å². The maximum Gasteiger partial charge on any atom is 0.477 e. The Morgan fingerprint density at radius 2 is 1.07 bits per heavy atom. The van der Waals surface area contributed by atoms with E-state index >= 15 is 0 Å². The van der Waals surface area contributed by atoms with Crippen molar-refractivity contribution in [2.24, 2.45) is 0 Å². The zero-order chi connectivity index (χ0) is 32.0. The summed E-state index contributed by atoms with van der Waals surface area (Å²) in [6.45, 7) is 19.8. The van der Waals surface area contributed by atoms with Crippen LogP contribution in [0.5, 0.6) is 0 Å². The van der Waals surface area contributed by atoms with Gasteiger partial charge in [0.15, 0.2) is 14.6 Å². The summed E-state index contributed by atoms with van der Waals surface area (Å²) in [4.78, 5) is 0. The first-order chi connectivity index (χ1) is 20.8. The normalized spacial score (nSPS) is 23.2. The summed E-state index contributed by atoms with van der Waals surface area (Å²) >= 11 is 0. The number of phosphoric acid groups is 1. The first kappa shape index (κ1) is 41.2. The van der Waals surface area contributed by atoms with Crippen LogP contribution >= 0.6 is 7.82 Å². The van der Waals surface area contributed by atoms with Gasteiger partial charge in [0.1, 0.15) is 24.4 Å². The van der Waals surface area contributed by atoms with Gasteiger partial charge in [-0.15, -0.1) is 0 Å².